The maximum absolute atomic E-state index is 13.5. The molecule has 1 aromatic heterocycles. The first kappa shape index (κ1) is 32.5. The number of fused-ring (bicyclic) bond motifs is 1. The Morgan fingerprint density at radius 1 is 0.935 bits per heavy atom. The zero-order valence-corrected chi connectivity index (χ0v) is 27.1. The smallest absolute Gasteiger partial charge is 0.272 e. The second kappa shape index (κ2) is 14.9. The van der Waals surface area contributed by atoms with Gasteiger partial charge in [-0.1, -0.05) is 59.1 Å². The van der Waals surface area contributed by atoms with Crippen LogP contribution in [0.1, 0.15) is 41.3 Å². The van der Waals surface area contributed by atoms with Gasteiger partial charge in [-0.25, -0.2) is 10.4 Å². The number of ether oxygens (including phenoxy) is 2. The van der Waals surface area contributed by atoms with Crippen molar-refractivity contribution in [2.45, 2.75) is 26.7 Å². The number of aryl methyl sites for hydroxylation is 1. The van der Waals surface area contributed by atoms with E-state index in [0.717, 1.165) is 22.1 Å². The van der Waals surface area contributed by atoms with Gasteiger partial charge in [-0.05, 0) is 86.5 Å². The van der Waals surface area contributed by atoms with Gasteiger partial charge in [0.25, 0.3) is 5.91 Å². The Morgan fingerprint density at radius 3 is 2.57 bits per heavy atom. The summed E-state index contributed by atoms with van der Waals surface area (Å²) in [6.07, 6.45) is 0.759. The second-order valence-corrected chi connectivity index (χ2v) is 11.4. The van der Waals surface area contributed by atoms with E-state index in [-0.39, 0.29) is 18.2 Å². The predicted octanol–water partition coefficient (Wildman–Crippen LogP) is 8.48. The molecule has 10 heteroatoms. The number of hydrogen-bond acceptors (Lipinski definition) is 6. The van der Waals surface area contributed by atoms with Crippen molar-refractivity contribution in [2.75, 3.05) is 19.0 Å². The summed E-state index contributed by atoms with van der Waals surface area (Å²) in [5.41, 5.74) is 8.25. The molecule has 5 rings (SSSR count). The molecule has 0 atom stereocenters. The average Bonchev–Trinajstić information content (AvgIpc) is 3.05. The van der Waals surface area contributed by atoms with Crippen molar-refractivity contribution >= 4 is 57.3 Å². The van der Waals surface area contributed by atoms with Crippen LogP contribution in [0.2, 0.25) is 10.0 Å². The van der Waals surface area contributed by atoms with Gasteiger partial charge in [0.05, 0.1) is 41.2 Å². The van der Waals surface area contributed by atoms with Gasteiger partial charge in [0.1, 0.15) is 11.5 Å². The number of benzene rings is 4. The molecule has 0 radical (unpaired) electrons. The van der Waals surface area contributed by atoms with Gasteiger partial charge >= 0.3 is 0 Å². The van der Waals surface area contributed by atoms with Crippen LogP contribution < -0.4 is 20.2 Å². The van der Waals surface area contributed by atoms with Crippen molar-refractivity contribution in [2.24, 2.45) is 5.10 Å². The molecule has 0 bridgehead atoms. The minimum Gasteiger partial charge on any atom is -0.497 e. The number of methoxy groups -OCH3 is 1. The summed E-state index contributed by atoms with van der Waals surface area (Å²) in [5.74, 6) is 0.692. The number of nitrogens with zero attached hydrogens (tertiary/aromatic N) is 2. The minimum atomic E-state index is -0.368. The molecule has 0 unspecified atom stereocenters. The van der Waals surface area contributed by atoms with E-state index in [1.807, 2.05) is 61.5 Å². The molecule has 0 saturated heterocycles. The fourth-order valence-electron chi connectivity index (χ4n) is 4.77. The first-order valence-corrected chi connectivity index (χ1v) is 15.3. The van der Waals surface area contributed by atoms with Crippen LogP contribution in [0.4, 0.5) is 5.69 Å². The van der Waals surface area contributed by atoms with Crippen LogP contribution in [0, 0.1) is 6.92 Å². The molecule has 5 aromatic rings. The molecular weight excluding hydrogens is 623 g/mol. The molecule has 4 aromatic carbocycles. The first-order valence-electron chi connectivity index (χ1n) is 14.6. The summed E-state index contributed by atoms with van der Waals surface area (Å²) in [4.78, 5) is 30.9. The predicted molar refractivity (Wildman–Crippen MR) is 184 cm³/mol. The van der Waals surface area contributed by atoms with Gasteiger partial charge in [0.15, 0.2) is 0 Å². The van der Waals surface area contributed by atoms with Crippen molar-refractivity contribution in [1.82, 2.24) is 10.4 Å². The van der Waals surface area contributed by atoms with E-state index in [0.29, 0.717) is 62.7 Å². The van der Waals surface area contributed by atoms with Crippen LogP contribution >= 0.6 is 23.2 Å². The van der Waals surface area contributed by atoms with E-state index in [4.69, 9.17) is 37.7 Å². The van der Waals surface area contributed by atoms with E-state index < -0.39 is 0 Å². The van der Waals surface area contributed by atoms with Crippen molar-refractivity contribution < 1.29 is 19.1 Å². The largest absolute Gasteiger partial charge is 0.497 e. The lowest BCUT2D eigenvalue weighted by molar-refractivity contribution is -0.116. The highest BCUT2D eigenvalue weighted by Crippen LogP contribution is 2.29. The third-order valence-corrected chi connectivity index (χ3v) is 7.69. The molecule has 0 aliphatic heterocycles. The Balaban J connectivity index is 1.25. The zero-order valence-electron chi connectivity index (χ0n) is 25.6. The molecule has 0 spiro atoms. The quantitative estimate of drug-likeness (QED) is 0.0845. The number of rotatable bonds is 11. The maximum atomic E-state index is 13.5. The molecule has 0 fully saturated rings. The summed E-state index contributed by atoms with van der Waals surface area (Å²) in [6, 6.07) is 27.4. The number of anilines is 1. The Kier molecular flexibility index (Phi) is 10.5. The number of pyridine rings is 1. The molecule has 0 saturated carbocycles. The highest BCUT2D eigenvalue weighted by molar-refractivity contribution is 6.35. The van der Waals surface area contributed by atoms with E-state index in [9.17, 15) is 9.59 Å². The number of carbonyl (C=O) groups excluding carboxylic acids is 2. The summed E-state index contributed by atoms with van der Waals surface area (Å²) in [7, 11) is 1.61. The van der Waals surface area contributed by atoms with E-state index >= 15 is 0 Å². The molecule has 0 aliphatic carbocycles. The average molecular weight is 656 g/mol. The van der Waals surface area contributed by atoms with Gasteiger partial charge in [0, 0.05) is 28.1 Å². The van der Waals surface area contributed by atoms with Crippen LogP contribution in [-0.4, -0.2) is 36.2 Å². The van der Waals surface area contributed by atoms with E-state index in [1.165, 1.54) is 0 Å². The lowest BCUT2D eigenvalue weighted by atomic mass is 10.0. The van der Waals surface area contributed by atoms with E-state index in [2.05, 4.69) is 15.8 Å². The van der Waals surface area contributed by atoms with Crippen LogP contribution in [-0.2, 0) is 4.79 Å². The molecule has 46 heavy (non-hydrogen) atoms. The highest BCUT2D eigenvalue weighted by atomic mass is 35.5. The minimum absolute atomic E-state index is 0.155. The molecule has 2 amide bonds. The summed E-state index contributed by atoms with van der Waals surface area (Å²) in [6.45, 7) is 4.08. The fourth-order valence-corrected chi connectivity index (χ4v) is 5.23. The standard InChI is InChI=1S/C36H32Cl2N4O4/c1-22-12-14-32-29(17-22)30(21-33(40-32)25-8-5-10-28(19-25)45-3)36(44)42-41-23(2)24-7-4-9-27(18-24)39-35(43)11-6-16-46-34-15-13-26(37)20-31(34)38/h4-5,7-10,12-15,17-21H,6,11,16H2,1-3H3,(H,39,43)(H,42,44). The zero-order chi connectivity index (χ0) is 32.6. The normalized spacial score (nSPS) is 11.3. The molecular formula is C36H32Cl2N4O4. The molecule has 0 aliphatic rings. The summed E-state index contributed by atoms with van der Waals surface area (Å²) < 4.78 is 11.0. The van der Waals surface area contributed by atoms with Crippen molar-refractivity contribution in [3.63, 3.8) is 0 Å². The Labute approximate surface area is 277 Å². The first-order chi connectivity index (χ1) is 22.2. The monoisotopic (exact) mass is 654 g/mol. The van der Waals surface area contributed by atoms with Gasteiger partial charge in [0.2, 0.25) is 5.91 Å². The summed E-state index contributed by atoms with van der Waals surface area (Å²) >= 11 is 12.0. The molecule has 234 valence electrons. The van der Waals surface area contributed by atoms with E-state index in [1.54, 1.807) is 50.4 Å². The van der Waals surface area contributed by atoms with Crippen molar-refractivity contribution in [3.05, 3.63) is 118 Å². The number of hydrazone groups is 1. The lowest BCUT2D eigenvalue weighted by Crippen LogP contribution is -2.20. The van der Waals surface area contributed by atoms with Crippen LogP contribution in [0.25, 0.3) is 22.2 Å². The van der Waals surface area contributed by atoms with Crippen LogP contribution in [0.5, 0.6) is 11.5 Å². The fraction of sp³-hybridized carbons (Fsp3) is 0.167. The second-order valence-electron chi connectivity index (χ2n) is 10.6. The number of hydrogen-bond donors (Lipinski definition) is 2. The van der Waals surface area contributed by atoms with Crippen LogP contribution in [0.3, 0.4) is 0 Å². The SMILES string of the molecule is COc1cccc(-c2cc(C(=O)NN=C(C)c3cccc(NC(=O)CCCOc4ccc(Cl)cc4Cl)c3)c3cc(C)ccc3n2)c1. The Morgan fingerprint density at radius 2 is 1.76 bits per heavy atom. The third-order valence-electron chi connectivity index (χ3n) is 7.16. The number of halogens is 2. The maximum Gasteiger partial charge on any atom is 0.272 e. The Bertz CT molecular complexity index is 1940. The van der Waals surface area contributed by atoms with Gasteiger partial charge in [-0.15, -0.1) is 0 Å². The molecule has 8 nitrogen and oxygen atoms in total. The number of carbonyl (C=O) groups is 2. The number of aromatic nitrogens is 1. The topological polar surface area (TPSA) is 102 Å². The molecule has 2 N–H and O–H groups in total. The van der Waals surface area contributed by atoms with Gasteiger partial charge < -0.3 is 14.8 Å². The Hall–Kier alpha value is -4.92. The van der Waals surface area contributed by atoms with Crippen molar-refractivity contribution in [1.29, 1.82) is 0 Å². The highest BCUT2D eigenvalue weighted by Gasteiger charge is 2.15. The number of nitrogens with one attached hydrogen (secondary N) is 2. The van der Waals surface area contributed by atoms with Gasteiger partial charge in [-0.3, -0.25) is 9.59 Å². The molecule has 1 heterocycles. The number of amides is 2. The van der Waals surface area contributed by atoms with Gasteiger partial charge in [-0.2, -0.15) is 5.10 Å². The lowest BCUT2D eigenvalue weighted by Gasteiger charge is -2.11. The summed E-state index contributed by atoms with van der Waals surface area (Å²) in [5, 5.41) is 8.96. The van der Waals surface area contributed by atoms with Crippen molar-refractivity contribution in [3.8, 4) is 22.8 Å². The van der Waals surface area contributed by atoms with Crippen LogP contribution in [0.15, 0.2) is 96.1 Å². The third kappa shape index (κ3) is 8.21.